The standard InChI is InChI=1S/C19H22N6O2S/c1-2-26-16-7-4-3-6-15(16)17-22-25(19(28)27-17)14-23-10-12-24(13-11-23)18-20-8-5-9-21-18/h3-9H,2,10-14H2,1H3/p+1. The molecule has 146 valence electrons. The first-order valence-electron chi connectivity index (χ1n) is 9.40. The predicted octanol–water partition coefficient (Wildman–Crippen LogP) is 1.42. The number of quaternary nitrogens is 1. The van der Waals surface area contributed by atoms with Gasteiger partial charge in [0.1, 0.15) is 5.75 Å². The molecule has 3 heterocycles. The quantitative estimate of drug-likeness (QED) is 0.629. The molecule has 1 aromatic carbocycles. The average Bonchev–Trinajstić information content (AvgIpc) is 3.10. The lowest BCUT2D eigenvalue weighted by Gasteiger charge is -2.31. The Kier molecular flexibility index (Phi) is 5.63. The number of anilines is 1. The molecular formula is C19H23N6O2S+. The molecule has 0 bridgehead atoms. The maximum atomic E-state index is 5.76. The number of ether oxygens (including phenoxy) is 1. The second-order valence-electron chi connectivity index (χ2n) is 6.55. The highest BCUT2D eigenvalue weighted by molar-refractivity contribution is 7.71. The second kappa shape index (κ2) is 8.49. The van der Waals surface area contributed by atoms with E-state index in [0.717, 1.165) is 43.4 Å². The molecule has 3 aromatic rings. The molecule has 1 aliphatic heterocycles. The predicted molar refractivity (Wildman–Crippen MR) is 107 cm³/mol. The summed E-state index contributed by atoms with van der Waals surface area (Å²) in [5.41, 5.74) is 0.815. The van der Waals surface area contributed by atoms with Crippen LogP contribution in [0.5, 0.6) is 5.75 Å². The minimum absolute atomic E-state index is 0.377. The highest BCUT2D eigenvalue weighted by Crippen LogP contribution is 2.28. The molecule has 1 aliphatic rings. The van der Waals surface area contributed by atoms with Gasteiger partial charge in [-0.15, -0.1) is 5.10 Å². The van der Waals surface area contributed by atoms with Gasteiger partial charge >= 0.3 is 0 Å². The average molecular weight is 400 g/mol. The van der Waals surface area contributed by atoms with E-state index in [2.05, 4.69) is 20.0 Å². The van der Waals surface area contributed by atoms with Crippen molar-refractivity contribution in [1.82, 2.24) is 19.7 Å². The fraction of sp³-hybridized carbons (Fsp3) is 0.368. The summed E-state index contributed by atoms with van der Waals surface area (Å²) < 4.78 is 13.2. The van der Waals surface area contributed by atoms with Crippen LogP contribution in [0.2, 0.25) is 0 Å². The van der Waals surface area contributed by atoms with E-state index in [-0.39, 0.29) is 0 Å². The molecule has 8 nitrogen and oxygen atoms in total. The molecule has 1 saturated heterocycles. The van der Waals surface area contributed by atoms with Gasteiger partial charge in [-0.3, -0.25) is 0 Å². The molecular weight excluding hydrogens is 376 g/mol. The third-order valence-electron chi connectivity index (χ3n) is 4.70. The molecule has 1 fully saturated rings. The minimum atomic E-state index is 0.377. The molecule has 1 N–H and O–H groups in total. The van der Waals surface area contributed by atoms with E-state index in [4.69, 9.17) is 21.4 Å². The van der Waals surface area contributed by atoms with Gasteiger partial charge in [-0.1, -0.05) is 12.1 Å². The zero-order valence-corrected chi connectivity index (χ0v) is 16.6. The van der Waals surface area contributed by atoms with E-state index in [1.54, 1.807) is 17.1 Å². The fourth-order valence-corrected chi connectivity index (χ4v) is 3.47. The van der Waals surface area contributed by atoms with Crippen LogP contribution in [0, 0.1) is 4.84 Å². The Hall–Kier alpha value is -2.78. The SMILES string of the molecule is CCOc1ccccc1-c1nn(C[NH+]2CCN(c3ncccn3)CC2)c(=S)o1. The fourth-order valence-electron chi connectivity index (χ4n) is 3.29. The van der Waals surface area contributed by atoms with Crippen molar-refractivity contribution in [2.24, 2.45) is 0 Å². The number of rotatable bonds is 6. The van der Waals surface area contributed by atoms with Gasteiger partial charge in [0.15, 0.2) is 6.67 Å². The summed E-state index contributed by atoms with van der Waals surface area (Å²) in [4.78, 5) is 12.6. The van der Waals surface area contributed by atoms with Gasteiger partial charge in [-0.2, -0.15) is 4.68 Å². The van der Waals surface area contributed by atoms with Gasteiger partial charge in [-0.05, 0) is 37.3 Å². The van der Waals surface area contributed by atoms with Gasteiger partial charge in [-0.25, -0.2) is 9.97 Å². The Morgan fingerprint density at radius 2 is 1.89 bits per heavy atom. The maximum absolute atomic E-state index is 5.76. The summed E-state index contributed by atoms with van der Waals surface area (Å²) >= 11 is 5.40. The molecule has 0 amide bonds. The molecule has 0 spiro atoms. The van der Waals surface area contributed by atoms with E-state index >= 15 is 0 Å². The summed E-state index contributed by atoms with van der Waals surface area (Å²) in [6, 6.07) is 9.54. The summed E-state index contributed by atoms with van der Waals surface area (Å²) in [6.07, 6.45) is 3.55. The lowest BCUT2D eigenvalue weighted by molar-refractivity contribution is -0.924. The number of nitrogens with zero attached hydrogens (tertiary/aromatic N) is 5. The Labute approximate surface area is 168 Å². The Balaban J connectivity index is 1.44. The number of aromatic nitrogens is 4. The lowest BCUT2D eigenvalue weighted by Crippen LogP contribution is -3.14. The van der Waals surface area contributed by atoms with Crippen molar-refractivity contribution >= 4 is 18.2 Å². The maximum Gasteiger partial charge on any atom is 0.292 e. The smallest absolute Gasteiger partial charge is 0.292 e. The highest BCUT2D eigenvalue weighted by Gasteiger charge is 2.23. The first-order chi connectivity index (χ1) is 13.7. The Bertz CT molecular complexity index is 966. The topological polar surface area (TPSA) is 73.7 Å². The number of para-hydroxylation sites is 1. The van der Waals surface area contributed by atoms with Crippen LogP contribution < -0.4 is 14.5 Å². The van der Waals surface area contributed by atoms with Crippen molar-refractivity contribution < 1.29 is 14.1 Å². The van der Waals surface area contributed by atoms with Crippen molar-refractivity contribution in [3.8, 4) is 17.2 Å². The minimum Gasteiger partial charge on any atom is -0.493 e. The van der Waals surface area contributed by atoms with Gasteiger partial charge in [0.05, 0.1) is 38.3 Å². The molecule has 9 heteroatoms. The van der Waals surface area contributed by atoms with Crippen LogP contribution in [0.3, 0.4) is 0 Å². The van der Waals surface area contributed by atoms with Crippen molar-refractivity contribution in [3.63, 3.8) is 0 Å². The summed E-state index contributed by atoms with van der Waals surface area (Å²) in [5.74, 6) is 2.02. The molecule has 2 aromatic heterocycles. The molecule has 0 radical (unpaired) electrons. The zero-order chi connectivity index (χ0) is 19.3. The van der Waals surface area contributed by atoms with Crippen LogP contribution in [0.15, 0.2) is 47.1 Å². The number of piperazine rings is 1. The van der Waals surface area contributed by atoms with Gasteiger partial charge < -0.3 is 19.0 Å². The zero-order valence-electron chi connectivity index (χ0n) is 15.7. The Morgan fingerprint density at radius 1 is 1.14 bits per heavy atom. The number of hydrogen-bond acceptors (Lipinski definition) is 7. The molecule has 0 aliphatic carbocycles. The van der Waals surface area contributed by atoms with E-state index in [9.17, 15) is 0 Å². The van der Waals surface area contributed by atoms with Crippen LogP contribution >= 0.6 is 12.2 Å². The summed E-state index contributed by atoms with van der Waals surface area (Å²) in [7, 11) is 0. The molecule has 28 heavy (non-hydrogen) atoms. The second-order valence-corrected chi connectivity index (χ2v) is 6.90. The van der Waals surface area contributed by atoms with Crippen LogP contribution in [0.4, 0.5) is 5.95 Å². The molecule has 4 rings (SSSR count). The lowest BCUT2D eigenvalue weighted by atomic mass is 10.2. The van der Waals surface area contributed by atoms with Crippen LogP contribution in [0.1, 0.15) is 6.92 Å². The Morgan fingerprint density at radius 3 is 2.64 bits per heavy atom. The van der Waals surface area contributed by atoms with Crippen molar-refractivity contribution in [2.75, 3.05) is 37.7 Å². The van der Waals surface area contributed by atoms with Gasteiger partial charge in [0.25, 0.3) is 10.7 Å². The van der Waals surface area contributed by atoms with Crippen LogP contribution in [-0.2, 0) is 6.67 Å². The van der Waals surface area contributed by atoms with Crippen molar-refractivity contribution in [1.29, 1.82) is 0 Å². The third kappa shape index (κ3) is 4.05. The molecule has 0 saturated carbocycles. The van der Waals surface area contributed by atoms with Crippen molar-refractivity contribution in [3.05, 3.63) is 47.6 Å². The first-order valence-corrected chi connectivity index (χ1v) is 9.81. The largest absolute Gasteiger partial charge is 0.493 e. The van der Waals surface area contributed by atoms with Crippen LogP contribution in [-0.4, -0.2) is 52.5 Å². The van der Waals surface area contributed by atoms with Gasteiger partial charge in [0, 0.05) is 12.4 Å². The van der Waals surface area contributed by atoms with E-state index in [1.165, 1.54) is 4.90 Å². The first kappa shape index (κ1) is 18.6. The van der Waals surface area contributed by atoms with Crippen LogP contribution in [0.25, 0.3) is 11.5 Å². The van der Waals surface area contributed by atoms with E-state index in [1.807, 2.05) is 37.3 Å². The van der Waals surface area contributed by atoms with Gasteiger partial charge in [0.2, 0.25) is 5.95 Å². The third-order valence-corrected chi connectivity index (χ3v) is 5.00. The highest BCUT2D eigenvalue weighted by atomic mass is 32.1. The molecule has 0 atom stereocenters. The summed E-state index contributed by atoms with van der Waals surface area (Å²) in [5, 5.41) is 4.60. The monoisotopic (exact) mass is 399 g/mol. The molecule has 0 unspecified atom stereocenters. The number of nitrogens with one attached hydrogen (secondary N) is 1. The van der Waals surface area contributed by atoms with E-state index in [0.29, 0.717) is 24.0 Å². The summed E-state index contributed by atoms with van der Waals surface area (Å²) in [6.45, 7) is 6.90. The number of hydrogen-bond donors (Lipinski definition) is 1. The normalized spacial score (nSPS) is 15.0. The van der Waals surface area contributed by atoms with E-state index < -0.39 is 0 Å². The van der Waals surface area contributed by atoms with Crippen molar-refractivity contribution in [2.45, 2.75) is 13.6 Å². The number of benzene rings is 1.